The number of halogens is 2. The number of piperazine rings is 1. The first-order valence-electron chi connectivity index (χ1n) is 11.1. The van der Waals surface area contributed by atoms with E-state index in [1.54, 1.807) is 22.4 Å². The van der Waals surface area contributed by atoms with Crippen molar-refractivity contribution in [1.29, 1.82) is 0 Å². The summed E-state index contributed by atoms with van der Waals surface area (Å²) < 4.78 is 54.7. The Morgan fingerprint density at radius 2 is 1.63 bits per heavy atom. The van der Waals surface area contributed by atoms with Gasteiger partial charge in [0.25, 0.3) is 10.0 Å². The van der Waals surface area contributed by atoms with Crippen LogP contribution in [-0.4, -0.2) is 63.0 Å². The molecular weight excluding hydrogens is 496 g/mol. The average Bonchev–Trinajstić information content (AvgIpc) is 3.48. The first-order valence-corrected chi connectivity index (χ1v) is 13.5. The van der Waals surface area contributed by atoms with Crippen molar-refractivity contribution in [1.82, 2.24) is 9.88 Å². The number of nitrogens with zero attached hydrogens (tertiary/aromatic N) is 4. The van der Waals surface area contributed by atoms with Crippen LogP contribution in [0.15, 0.2) is 58.9 Å². The zero-order valence-electron chi connectivity index (χ0n) is 18.6. The average molecular weight is 520 g/mol. The predicted molar refractivity (Wildman–Crippen MR) is 130 cm³/mol. The second kappa shape index (κ2) is 9.51. The number of nitrogens with one attached hydrogen (secondary N) is 1. The molecule has 1 aromatic heterocycles. The lowest BCUT2D eigenvalue weighted by molar-refractivity contribution is -0.121. The van der Waals surface area contributed by atoms with E-state index in [2.05, 4.69) is 14.6 Å². The minimum atomic E-state index is -3.76. The number of hydrogen-bond acceptors (Lipinski definition) is 7. The van der Waals surface area contributed by atoms with Crippen molar-refractivity contribution >= 4 is 43.8 Å². The van der Waals surface area contributed by atoms with Gasteiger partial charge in [0.15, 0.2) is 5.13 Å². The number of aromatic nitrogens is 1. The molecule has 3 aromatic rings. The van der Waals surface area contributed by atoms with Crippen LogP contribution in [0, 0.1) is 11.6 Å². The maximum atomic E-state index is 13.6. The zero-order valence-corrected chi connectivity index (χ0v) is 20.2. The monoisotopic (exact) mass is 519 g/mol. The lowest BCUT2D eigenvalue weighted by Gasteiger charge is -2.38. The first-order chi connectivity index (χ1) is 16.8. The molecular formula is C23H23F2N5O3S2. The lowest BCUT2D eigenvalue weighted by atomic mass is 10.1. The Kier molecular flexibility index (Phi) is 6.43. The normalized spacial score (nSPS) is 19.4. The molecule has 2 aromatic carbocycles. The number of carbonyl (C=O) groups is 1. The van der Waals surface area contributed by atoms with Crippen LogP contribution in [0.4, 0.5) is 25.3 Å². The number of sulfonamides is 1. The molecule has 12 heteroatoms. The standard InChI is InChI=1S/C23H23F2N5O3S2/c24-16-13-17(25)15-19(14-16)28-8-10-29(11-9-28)21-5-7-30(22(21)31)18-1-3-20(4-2-18)35(32,33)27-23-26-6-12-34-23/h1-4,6,12-15,21H,5,7-11H2,(H,26,27)/t21-/m0/s1. The summed E-state index contributed by atoms with van der Waals surface area (Å²) in [5.74, 6) is -1.25. The van der Waals surface area contributed by atoms with E-state index in [4.69, 9.17) is 0 Å². The van der Waals surface area contributed by atoms with E-state index in [1.165, 1.54) is 41.8 Å². The summed E-state index contributed by atoms with van der Waals surface area (Å²) in [4.78, 5) is 22.9. The third-order valence-corrected chi connectivity index (χ3v) is 8.43. The van der Waals surface area contributed by atoms with Crippen LogP contribution < -0.4 is 14.5 Å². The van der Waals surface area contributed by atoms with Gasteiger partial charge >= 0.3 is 0 Å². The highest BCUT2D eigenvalue weighted by Crippen LogP contribution is 2.28. The summed E-state index contributed by atoms with van der Waals surface area (Å²) in [5.41, 5.74) is 1.14. The Labute approximate surface area is 205 Å². The molecule has 1 amide bonds. The largest absolute Gasteiger partial charge is 0.369 e. The molecule has 0 aliphatic carbocycles. The molecule has 0 radical (unpaired) electrons. The molecule has 2 aliphatic heterocycles. The molecule has 2 fully saturated rings. The fourth-order valence-electron chi connectivity index (χ4n) is 4.53. The van der Waals surface area contributed by atoms with Gasteiger partial charge in [0.05, 0.1) is 10.9 Å². The van der Waals surface area contributed by atoms with E-state index in [-0.39, 0.29) is 22.0 Å². The summed E-state index contributed by atoms with van der Waals surface area (Å²) in [6.45, 7) is 2.85. The Morgan fingerprint density at radius 3 is 2.26 bits per heavy atom. The smallest absolute Gasteiger partial charge is 0.263 e. The van der Waals surface area contributed by atoms with E-state index in [0.717, 1.165) is 6.07 Å². The van der Waals surface area contributed by atoms with Crippen LogP contribution in [-0.2, 0) is 14.8 Å². The van der Waals surface area contributed by atoms with E-state index in [1.807, 2.05) is 4.90 Å². The van der Waals surface area contributed by atoms with Gasteiger partial charge in [-0.25, -0.2) is 22.2 Å². The number of benzene rings is 2. The van der Waals surface area contributed by atoms with Crippen molar-refractivity contribution in [3.05, 3.63) is 65.7 Å². The van der Waals surface area contributed by atoms with E-state index in [0.29, 0.717) is 50.5 Å². The molecule has 0 saturated carbocycles. The Hall–Kier alpha value is -3.09. The van der Waals surface area contributed by atoms with Crippen molar-refractivity contribution in [3.8, 4) is 0 Å². The molecule has 1 N–H and O–H groups in total. The van der Waals surface area contributed by atoms with Crippen LogP contribution in [0.1, 0.15) is 6.42 Å². The van der Waals surface area contributed by atoms with E-state index in [9.17, 15) is 22.0 Å². The highest BCUT2D eigenvalue weighted by Gasteiger charge is 2.38. The van der Waals surface area contributed by atoms with Crippen molar-refractivity contribution < 1.29 is 22.0 Å². The number of thiazole rings is 1. The van der Waals surface area contributed by atoms with Crippen LogP contribution in [0.5, 0.6) is 0 Å². The summed E-state index contributed by atoms with van der Waals surface area (Å²) in [5, 5.41) is 1.96. The van der Waals surface area contributed by atoms with Crippen LogP contribution >= 0.6 is 11.3 Å². The number of amides is 1. The van der Waals surface area contributed by atoms with Gasteiger partial charge in [0.2, 0.25) is 5.91 Å². The van der Waals surface area contributed by atoms with Gasteiger partial charge < -0.3 is 9.80 Å². The Bertz CT molecular complexity index is 1290. The highest BCUT2D eigenvalue weighted by atomic mass is 32.2. The quantitative estimate of drug-likeness (QED) is 0.539. The summed E-state index contributed by atoms with van der Waals surface area (Å²) in [7, 11) is -3.76. The first kappa shape index (κ1) is 23.6. The van der Waals surface area contributed by atoms with Gasteiger partial charge in [-0.05, 0) is 42.8 Å². The zero-order chi connectivity index (χ0) is 24.6. The summed E-state index contributed by atoms with van der Waals surface area (Å²) in [6.07, 6.45) is 2.17. The third kappa shape index (κ3) is 5.00. The number of rotatable bonds is 6. The Morgan fingerprint density at radius 1 is 0.943 bits per heavy atom. The van der Waals surface area contributed by atoms with Gasteiger partial charge in [-0.2, -0.15) is 0 Å². The van der Waals surface area contributed by atoms with Crippen molar-refractivity contribution in [3.63, 3.8) is 0 Å². The topological polar surface area (TPSA) is 85.9 Å². The number of carbonyl (C=O) groups excluding carboxylic acids is 1. The van der Waals surface area contributed by atoms with E-state index < -0.39 is 21.7 Å². The van der Waals surface area contributed by atoms with E-state index >= 15 is 0 Å². The minimum Gasteiger partial charge on any atom is -0.369 e. The molecule has 0 bridgehead atoms. The van der Waals surface area contributed by atoms with Crippen LogP contribution in [0.25, 0.3) is 0 Å². The van der Waals surface area contributed by atoms with Crippen LogP contribution in [0.3, 0.4) is 0 Å². The predicted octanol–water partition coefficient (Wildman–Crippen LogP) is 3.15. The SMILES string of the molecule is O=C1[C@@H](N2CCN(c3cc(F)cc(F)c3)CC2)CCN1c1ccc(S(=O)(=O)Nc2nccs2)cc1. The molecule has 0 unspecified atom stereocenters. The number of anilines is 3. The third-order valence-electron chi connectivity index (χ3n) is 6.26. The van der Waals surface area contributed by atoms with Crippen molar-refractivity contribution in [2.45, 2.75) is 17.4 Å². The number of hydrogen-bond donors (Lipinski definition) is 1. The van der Waals surface area contributed by atoms with Crippen LogP contribution in [0.2, 0.25) is 0 Å². The molecule has 8 nitrogen and oxygen atoms in total. The fourth-order valence-corrected chi connectivity index (χ4v) is 6.32. The molecule has 2 aliphatic rings. The lowest BCUT2D eigenvalue weighted by Crippen LogP contribution is -2.52. The fraction of sp³-hybridized carbons (Fsp3) is 0.304. The molecule has 0 spiro atoms. The van der Waals surface area contributed by atoms with Crippen molar-refractivity contribution in [2.75, 3.05) is 47.2 Å². The highest BCUT2D eigenvalue weighted by molar-refractivity contribution is 7.93. The summed E-state index contributed by atoms with van der Waals surface area (Å²) >= 11 is 1.19. The molecule has 5 rings (SSSR count). The molecule has 1 atom stereocenters. The molecule has 184 valence electrons. The second-order valence-corrected chi connectivity index (χ2v) is 11.0. The maximum absolute atomic E-state index is 13.6. The van der Waals surface area contributed by atoms with Gasteiger partial charge in [0.1, 0.15) is 11.6 Å². The minimum absolute atomic E-state index is 0.0354. The molecule has 3 heterocycles. The van der Waals surface area contributed by atoms with Gasteiger partial charge in [0, 0.05) is 61.7 Å². The summed E-state index contributed by atoms with van der Waals surface area (Å²) in [6, 6.07) is 9.42. The second-order valence-electron chi connectivity index (χ2n) is 8.38. The molecule has 35 heavy (non-hydrogen) atoms. The van der Waals surface area contributed by atoms with Gasteiger partial charge in [-0.15, -0.1) is 11.3 Å². The molecule has 2 saturated heterocycles. The Balaban J connectivity index is 1.21. The van der Waals surface area contributed by atoms with Gasteiger partial charge in [-0.1, -0.05) is 0 Å². The van der Waals surface area contributed by atoms with Crippen molar-refractivity contribution in [2.24, 2.45) is 0 Å². The maximum Gasteiger partial charge on any atom is 0.263 e. The van der Waals surface area contributed by atoms with Gasteiger partial charge in [-0.3, -0.25) is 14.4 Å².